The van der Waals surface area contributed by atoms with E-state index >= 15 is 0 Å². The summed E-state index contributed by atoms with van der Waals surface area (Å²) in [5.74, 6) is -0.318. The fourth-order valence-corrected chi connectivity index (χ4v) is 1.47. The third-order valence-electron chi connectivity index (χ3n) is 2.16. The molecule has 0 unspecified atom stereocenters. The van der Waals surface area contributed by atoms with Crippen molar-refractivity contribution >= 4 is 5.97 Å². The van der Waals surface area contributed by atoms with Crippen LogP contribution in [0.25, 0.3) is 0 Å². The molecule has 1 rings (SSSR count). The zero-order valence-corrected chi connectivity index (χ0v) is 7.45. The van der Waals surface area contributed by atoms with E-state index in [1.54, 1.807) is 0 Å². The summed E-state index contributed by atoms with van der Waals surface area (Å²) in [4.78, 5) is 13.1. The molecule has 0 aromatic heterocycles. The first kappa shape index (κ1) is 9.48. The lowest BCUT2D eigenvalue weighted by molar-refractivity contribution is -0.142. The number of nitrogens with zero attached hydrogens (tertiary/aromatic N) is 1. The molecule has 0 radical (unpaired) electrons. The molecule has 1 fully saturated rings. The lowest BCUT2D eigenvalue weighted by Gasteiger charge is -2.17. The van der Waals surface area contributed by atoms with Gasteiger partial charge in [0, 0.05) is 6.54 Å². The molecule has 0 aliphatic carbocycles. The standard InChI is InChI=1S/C8H16N2O2/c1-12-8(11)7(9)6-10-4-2-3-5-10/h7H,2-6,9H2,1H3/t7-/m1/s1. The van der Waals surface area contributed by atoms with E-state index in [1.165, 1.54) is 20.0 Å². The Labute approximate surface area is 72.7 Å². The van der Waals surface area contributed by atoms with Gasteiger partial charge in [-0.2, -0.15) is 0 Å². The zero-order chi connectivity index (χ0) is 8.97. The molecule has 0 aromatic rings. The lowest BCUT2D eigenvalue weighted by atomic mass is 10.3. The zero-order valence-electron chi connectivity index (χ0n) is 7.45. The molecule has 1 atom stereocenters. The minimum Gasteiger partial charge on any atom is -0.468 e. The predicted molar refractivity (Wildman–Crippen MR) is 45.7 cm³/mol. The molecule has 4 heteroatoms. The highest BCUT2D eigenvalue weighted by atomic mass is 16.5. The molecule has 4 nitrogen and oxygen atoms in total. The average Bonchev–Trinajstić information content (AvgIpc) is 2.55. The van der Waals surface area contributed by atoms with Crippen molar-refractivity contribution in [1.29, 1.82) is 0 Å². The Kier molecular flexibility index (Phi) is 3.49. The molecule has 12 heavy (non-hydrogen) atoms. The van der Waals surface area contributed by atoms with Crippen molar-refractivity contribution in [2.75, 3.05) is 26.7 Å². The number of rotatable bonds is 3. The summed E-state index contributed by atoms with van der Waals surface area (Å²) >= 11 is 0. The van der Waals surface area contributed by atoms with Crippen molar-refractivity contribution in [1.82, 2.24) is 4.90 Å². The van der Waals surface area contributed by atoms with Crippen LogP contribution in [-0.2, 0) is 9.53 Å². The third-order valence-corrected chi connectivity index (χ3v) is 2.16. The normalized spacial score (nSPS) is 20.8. The van der Waals surface area contributed by atoms with Crippen LogP contribution in [0.3, 0.4) is 0 Å². The van der Waals surface area contributed by atoms with Crippen LogP contribution in [-0.4, -0.2) is 43.7 Å². The van der Waals surface area contributed by atoms with Gasteiger partial charge in [-0.05, 0) is 25.9 Å². The van der Waals surface area contributed by atoms with Crippen LogP contribution in [0.4, 0.5) is 0 Å². The topological polar surface area (TPSA) is 55.6 Å². The number of hydrogen-bond donors (Lipinski definition) is 1. The molecule has 1 aliphatic rings. The van der Waals surface area contributed by atoms with Crippen LogP contribution in [0, 0.1) is 0 Å². The Morgan fingerprint density at radius 3 is 2.67 bits per heavy atom. The SMILES string of the molecule is COC(=O)[C@H](N)CN1CCCC1. The second-order valence-corrected chi connectivity index (χ2v) is 3.14. The number of hydrogen-bond acceptors (Lipinski definition) is 4. The fourth-order valence-electron chi connectivity index (χ4n) is 1.47. The minimum absolute atomic E-state index is 0.318. The first-order valence-corrected chi connectivity index (χ1v) is 4.30. The monoisotopic (exact) mass is 172 g/mol. The fraction of sp³-hybridized carbons (Fsp3) is 0.875. The molecule has 0 bridgehead atoms. The maximum absolute atomic E-state index is 10.9. The maximum atomic E-state index is 10.9. The minimum atomic E-state index is -0.479. The van der Waals surface area contributed by atoms with Crippen molar-refractivity contribution in [2.24, 2.45) is 5.73 Å². The van der Waals surface area contributed by atoms with Crippen molar-refractivity contribution in [3.63, 3.8) is 0 Å². The Morgan fingerprint density at radius 2 is 2.17 bits per heavy atom. The maximum Gasteiger partial charge on any atom is 0.323 e. The highest BCUT2D eigenvalue weighted by Gasteiger charge is 2.19. The first-order chi connectivity index (χ1) is 5.74. The lowest BCUT2D eigenvalue weighted by Crippen LogP contribution is -2.42. The van der Waals surface area contributed by atoms with Crippen LogP contribution < -0.4 is 5.73 Å². The van der Waals surface area contributed by atoms with Gasteiger partial charge in [0.15, 0.2) is 0 Å². The van der Waals surface area contributed by atoms with E-state index in [9.17, 15) is 4.79 Å². The molecular formula is C8H16N2O2. The van der Waals surface area contributed by atoms with Crippen LogP contribution in [0.2, 0.25) is 0 Å². The largest absolute Gasteiger partial charge is 0.468 e. The molecule has 0 amide bonds. The number of methoxy groups -OCH3 is 1. The van der Waals surface area contributed by atoms with Crippen LogP contribution >= 0.6 is 0 Å². The molecule has 0 spiro atoms. The summed E-state index contributed by atoms with van der Waals surface area (Å²) in [6, 6.07) is -0.479. The van der Waals surface area contributed by atoms with Crippen LogP contribution in [0.15, 0.2) is 0 Å². The quantitative estimate of drug-likeness (QED) is 0.588. The van der Waals surface area contributed by atoms with Crippen molar-refractivity contribution < 1.29 is 9.53 Å². The van der Waals surface area contributed by atoms with Crippen LogP contribution in [0.1, 0.15) is 12.8 Å². The molecule has 1 aliphatic heterocycles. The van der Waals surface area contributed by atoms with Crippen molar-refractivity contribution in [2.45, 2.75) is 18.9 Å². The molecule has 70 valence electrons. The summed E-state index contributed by atoms with van der Waals surface area (Å²) in [6.45, 7) is 2.75. The third kappa shape index (κ3) is 2.46. The van der Waals surface area contributed by atoms with Gasteiger partial charge in [-0.3, -0.25) is 4.79 Å². The van der Waals surface area contributed by atoms with Crippen molar-refractivity contribution in [3.05, 3.63) is 0 Å². The summed E-state index contributed by atoms with van der Waals surface area (Å²) in [5.41, 5.74) is 5.59. The van der Waals surface area contributed by atoms with Gasteiger partial charge in [-0.1, -0.05) is 0 Å². The van der Waals surface area contributed by atoms with E-state index in [0.29, 0.717) is 6.54 Å². The Bertz CT molecular complexity index is 155. The highest BCUT2D eigenvalue weighted by Crippen LogP contribution is 2.07. The Hall–Kier alpha value is -0.610. The Balaban J connectivity index is 2.24. The molecule has 1 saturated heterocycles. The summed E-state index contributed by atoms with van der Waals surface area (Å²) in [5, 5.41) is 0. The predicted octanol–water partition coefficient (Wildman–Crippen LogP) is -0.417. The summed E-state index contributed by atoms with van der Waals surface area (Å²) in [7, 11) is 1.37. The van der Waals surface area contributed by atoms with E-state index in [2.05, 4.69) is 9.64 Å². The first-order valence-electron chi connectivity index (χ1n) is 4.30. The highest BCUT2D eigenvalue weighted by molar-refractivity contribution is 5.75. The van der Waals surface area contributed by atoms with Gasteiger partial charge >= 0.3 is 5.97 Å². The van der Waals surface area contributed by atoms with Gasteiger partial charge in [0.1, 0.15) is 6.04 Å². The average molecular weight is 172 g/mol. The Morgan fingerprint density at radius 1 is 1.58 bits per heavy atom. The number of carbonyl (C=O) groups excluding carboxylic acids is 1. The van der Waals surface area contributed by atoms with Crippen LogP contribution in [0.5, 0.6) is 0 Å². The number of likely N-dealkylation sites (tertiary alicyclic amines) is 1. The molecular weight excluding hydrogens is 156 g/mol. The van der Waals surface area contributed by atoms with E-state index < -0.39 is 6.04 Å². The molecule has 0 aromatic carbocycles. The number of carbonyl (C=O) groups is 1. The van der Waals surface area contributed by atoms with E-state index in [0.717, 1.165) is 13.1 Å². The van der Waals surface area contributed by atoms with Gasteiger partial charge < -0.3 is 15.4 Å². The molecule has 2 N–H and O–H groups in total. The van der Waals surface area contributed by atoms with Gasteiger partial charge in [-0.15, -0.1) is 0 Å². The van der Waals surface area contributed by atoms with Gasteiger partial charge in [0.25, 0.3) is 0 Å². The summed E-state index contributed by atoms with van der Waals surface area (Å²) in [6.07, 6.45) is 2.43. The van der Waals surface area contributed by atoms with Gasteiger partial charge in [-0.25, -0.2) is 0 Å². The van der Waals surface area contributed by atoms with E-state index in [4.69, 9.17) is 5.73 Å². The second-order valence-electron chi connectivity index (χ2n) is 3.14. The second kappa shape index (κ2) is 4.42. The number of nitrogens with two attached hydrogens (primary N) is 1. The molecule has 0 saturated carbocycles. The number of ether oxygens (including phenoxy) is 1. The van der Waals surface area contributed by atoms with Gasteiger partial charge in [0.05, 0.1) is 7.11 Å². The number of esters is 1. The smallest absolute Gasteiger partial charge is 0.323 e. The summed E-state index contributed by atoms with van der Waals surface area (Å²) < 4.78 is 4.53. The van der Waals surface area contributed by atoms with E-state index in [-0.39, 0.29) is 5.97 Å². The van der Waals surface area contributed by atoms with Crippen molar-refractivity contribution in [3.8, 4) is 0 Å². The van der Waals surface area contributed by atoms with Gasteiger partial charge in [0.2, 0.25) is 0 Å². The molecule has 1 heterocycles. The van der Waals surface area contributed by atoms with E-state index in [1.807, 2.05) is 0 Å².